The van der Waals surface area contributed by atoms with Gasteiger partial charge in [0.25, 0.3) is 5.91 Å². The number of ether oxygens (including phenoxy) is 2. The summed E-state index contributed by atoms with van der Waals surface area (Å²) in [6.07, 6.45) is -7.89. The predicted molar refractivity (Wildman–Crippen MR) is 200 cm³/mol. The minimum Gasteiger partial charge on any atom is -0.448 e. The summed E-state index contributed by atoms with van der Waals surface area (Å²) in [7, 11) is 0. The lowest BCUT2D eigenvalue weighted by Gasteiger charge is -2.23. The molecule has 3 amide bonds. The summed E-state index contributed by atoms with van der Waals surface area (Å²) >= 11 is 0. The minimum absolute atomic E-state index is 0.0472. The molecule has 0 unspecified atom stereocenters. The number of carbonyl (C=O) groups is 3. The Morgan fingerprint density at radius 2 is 1.74 bits per heavy atom. The number of hydrogen-bond acceptors (Lipinski definition) is 12. The number of nitrogens with zero attached hydrogens (tertiary/aromatic N) is 6. The molecule has 3 aromatic heterocycles. The van der Waals surface area contributed by atoms with Crippen molar-refractivity contribution in [1.82, 2.24) is 35.1 Å². The van der Waals surface area contributed by atoms with Gasteiger partial charge in [-0.05, 0) is 36.6 Å². The van der Waals surface area contributed by atoms with E-state index >= 15 is 0 Å². The van der Waals surface area contributed by atoms with Gasteiger partial charge in [0.1, 0.15) is 6.10 Å². The van der Waals surface area contributed by atoms with Gasteiger partial charge >= 0.3 is 18.2 Å². The van der Waals surface area contributed by atoms with Crippen LogP contribution in [0.15, 0.2) is 91.5 Å². The number of aromatic nitrogens is 5. The lowest BCUT2D eigenvalue weighted by molar-refractivity contribution is -0.211. The molecule has 0 bridgehead atoms. The first-order chi connectivity index (χ1) is 27.5. The number of benzene rings is 2. The number of halogens is 3. The molecule has 5 heterocycles. The summed E-state index contributed by atoms with van der Waals surface area (Å²) in [5, 5.41) is 22.6. The van der Waals surface area contributed by atoms with Gasteiger partial charge in [-0.25, -0.2) is 14.6 Å². The van der Waals surface area contributed by atoms with E-state index < -0.39 is 48.6 Å². The first kappa shape index (κ1) is 38.9. The number of imidazole rings is 1. The molecule has 19 heteroatoms. The molecule has 0 aliphatic carbocycles. The van der Waals surface area contributed by atoms with Gasteiger partial charge in [0, 0.05) is 44.3 Å². The number of amides is 3. The molecule has 2 aliphatic heterocycles. The average Bonchev–Trinajstić information content (AvgIpc) is 3.93. The summed E-state index contributed by atoms with van der Waals surface area (Å²) in [5.41, 5.74) is 2.78. The van der Waals surface area contributed by atoms with Crippen molar-refractivity contribution in [3.8, 4) is 0 Å². The zero-order valence-electron chi connectivity index (χ0n) is 30.5. The number of fused-ring (bicyclic) bond motifs is 1. The number of aliphatic hydroxyl groups excluding tert-OH is 1. The van der Waals surface area contributed by atoms with Gasteiger partial charge in [0.2, 0.25) is 5.95 Å². The van der Waals surface area contributed by atoms with Crippen LogP contribution >= 0.6 is 0 Å². The highest BCUT2D eigenvalue weighted by Crippen LogP contribution is 2.37. The molecule has 0 spiro atoms. The first-order valence-electron chi connectivity index (χ1n) is 18.2. The Kier molecular flexibility index (Phi) is 11.5. The number of alkyl halides is 3. The van der Waals surface area contributed by atoms with Crippen LogP contribution in [0.25, 0.3) is 11.2 Å². The number of anilines is 3. The fourth-order valence-corrected chi connectivity index (χ4v) is 6.89. The Hall–Kier alpha value is -6.34. The molecule has 2 aliphatic rings. The summed E-state index contributed by atoms with van der Waals surface area (Å²) in [6, 6.07) is 22.3. The highest BCUT2D eigenvalue weighted by atomic mass is 19.4. The molecule has 2 saturated heterocycles. The maximum atomic E-state index is 13.5. The maximum Gasteiger partial charge on any atom is 0.490 e. The van der Waals surface area contributed by atoms with Gasteiger partial charge in [0.05, 0.1) is 18.2 Å². The van der Waals surface area contributed by atoms with Gasteiger partial charge in [-0.15, -0.1) is 0 Å². The zero-order chi connectivity index (χ0) is 40.1. The Balaban J connectivity index is 1.24. The lowest BCUT2D eigenvalue weighted by atomic mass is 9.91. The lowest BCUT2D eigenvalue weighted by Crippen LogP contribution is -2.44. The molecule has 2 fully saturated rings. The molecular formula is C38H39F3N10O6. The maximum absolute atomic E-state index is 13.5. The van der Waals surface area contributed by atoms with Gasteiger partial charge < -0.3 is 40.7 Å². The molecule has 2 aromatic carbocycles. The Labute approximate surface area is 323 Å². The first-order valence-corrected chi connectivity index (χ1v) is 18.2. The molecule has 57 heavy (non-hydrogen) atoms. The van der Waals surface area contributed by atoms with Crippen LogP contribution in [0.2, 0.25) is 0 Å². The second-order valence-corrected chi connectivity index (χ2v) is 13.4. The molecule has 16 nitrogen and oxygen atoms in total. The van der Waals surface area contributed by atoms with Crippen molar-refractivity contribution in [2.45, 2.75) is 56.0 Å². The standard InChI is InChI=1S/C38H39F3N10O6/c1-2-43-33(53)29-28(52)30(57-35(54)38(39,40)41)34(56-29)51-21-45-27-31(44-19-26(22-10-5-3-6-11-22)23-12-7-4-8-13-23)48-36(49-32(27)51)50-17-15-25(20-50)47-37(55)46-24-14-9-16-42-18-24/h3-14,16,18,21,25-26,28-30,34,52H,2,15,17,19-20H2,1H3,(H,43,53)(H,44,48,49)(H2,46,47,55)/t25-,28-,29+,30-,34-/m1/s1. The number of esters is 1. The molecule has 7 rings (SSSR count). The van der Waals surface area contributed by atoms with Crippen LogP contribution in [0.3, 0.4) is 0 Å². The number of carbonyl (C=O) groups excluding carboxylic acids is 3. The molecule has 0 saturated carbocycles. The number of nitrogens with one attached hydrogen (secondary N) is 4. The van der Waals surface area contributed by atoms with Crippen LogP contribution in [-0.4, -0.2) is 104 Å². The summed E-state index contributed by atoms with van der Waals surface area (Å²) in [5.74, 6) is -3.10. The third kappa shape index (κ3) is 8.73. The number of pyridine rings is 1. The molecule has 5 atom stereocenters. The highest BCUT2D eigenvalue weighted by molar-refractivity contribution is 5.89. The third-order valence-electron chi connectivity index (χ3n) is 9.58. The Bertz CT molecular complexity index is 2140. The van der Waals surface area contributed by atoms with E-state index in [1.165, 1.54) is 17.1 Å². The molecule has 298 valence electrons. The van der Waals surface area contributed by atoms with E-state index in [4.69, 9.17) is 19.4 Å². The quantitative estimate of drug-likeness (QED) is 0.115. The Morgan fingerprint density at radius 3 is 2.39 bits per heavy atom. The van der Waals surface area contributed by atoms with Crippen LogP contribution in [0, 0.1) is 0 Å². The van der Waals surface area contributed by atoms with Crippen LogP contribution < -0.4 is 26.2 Å². The highest BCUT2D eigenvalue weighted by Gasteiger charge is 2.54. The number of likely N-dealkylation sites (N-methyl/N-ethyl adjacent to an activating group) is 1. The van der Waals surface area contributed by atoms with Crippen molar-refractivity contribution in [1.29, 1.82) is 0 Å². The second-order valence-electron chi connectivity index (χ2n) is 13.4. The van der Waals surface area contributed by atoms with Crippen LogP contribution in [0.1, 0.15) is 36.6 Å². The van der Waals surface area contributed by atoms with Gasteiger partial charge in [0.15, 0.2) is 35.4 Å². The van der Waals surface area contributed by atoms with E-state index in [2.05, 4.69) is 31.2 Å². The van der Waals surface area contributed by atoms with Crippen molar-refractivity contribution in [2.75, 3.05) is 41.7 Å². The largest absolute Gasteiger partial charge is 0.490 e. The fraction of sp³-hybridized carbons (Fsp3) is 0.342. The van der Waals surface area contributed by atoms with E-state index in [0.717, 1.165) is 11.1 Å². The summed E-state index contributed by atoms with van der Waals surface area (Å²) in [4.78, 5) is 57.7. The smallest absolute Gasteiger partial charge is 0.448 e. The second kappa shape index (κ2) is 16.8. The number of urea groups is 1. The zero-order valence-corrected chi connectivity index (χ0v) is 30.5. The molecule has 5 aromatic rings. The van der Waals surface area contributed by atoms with E-state index in [-0.39, 0.29) is 41.4 Å². The number of hydrogen-bond donors (Lipinski definition) is 5. The predicted octanol–water partition coefficient (Wildman–Crippen LogP) is 3.73. The third-order valence-corrected chi connectivity index (χ3v) is 9.58. The van der Waals surface area contributed by atoms with Gasteiger partial charge in [-0.2, -0.15) is 23.1 Å². The van der Waals surface area contributed by atoms with Crippen molar-refractivity contribution >= 4 is 46.5 Å². The monoisotopic (exact) mass is 788 g/mol. The average molecular weight is 789 g/mol. The van der Waals surface area contributed by atoms with Crippen molar-refractivity contribution in [3.63, 3.8) is 0 Å². The Morgan fingerprint density at radius 1 is 1.02 bits per heavy atom. The van der Waals surface area contributed by atoms with Crippen molar-refractivity contribution < 1.29 is 42.1 Å². The van der Waals surface area contributed by atoms with Crippen LogP contribution in [0.4, 0.5) is 35.4 Å². The number of aliphatic hydroxyl groups is 1. The minimum atomic E-state index is -5.40. The SMILES string of the molecule is CCNC(=O)[C@H]1O[C@@H](n2cnc3c(NCC(c4ccccc4)c4ccccc4)nc(N4CC[C@@H](NC(=O)Nc5cccnc5)C4)nc32)[C@H](OC(=O)C(F)(F)F)[C@@H]1O. The fourth-order valence-electron chi connectivity index (χ4n) is 6.89. The summed E-state index contributed by atoms with van der Waals surface area (Å²) < 4.78 is 52.2. The van der Waals surface area contributed by atoms with E-state index in [0.29, 0.717) is 31.7 Å². The summed E-state index contributed by atoms with van der Waals surface area (Å²) in [6.45, 7) is 2.78. The topological polar surface area (TPSA) is 198 Å². The van der Waals surface area contributed by atoms with E-state index in [1.54, 1.807) is 25.3 Å². The normalized spacial score (nSPS) is 20.7. The van der Waals surface area contributed by atoms with Gasteiger partial charge in [-0.3, -0.25) is 14.3 Å². The molecular weight excluding hydrogens is 749 g/mol. The van der Waals surface area contributed by atoms with Crippen LogP contribution in [0.5, 0.6) is 0 Å². The van der Waals surface area contributed by atoms with E-state index in [1.807, 2.05) is 65.6 Å². The van der Waals surface area contributed by atoms with Crippen LogP contribution in [-0.2, 0) is 19.1 Å². The number of rotatable bonds is 12. The van der Waals surface area contributed by atoms with Crippen molar-refractivity contribution in [3.05, 3.63) is 103 Å². The molecule has 0 radical (unpaired) electrons. The molecule has 5 N–H and O–H groups in total. The van der Waals surface area contributed by atoms with Crippen molar-refractivity contribution in [2.24, 2.45) is 0 Å². The van der Waals surface area contributed by atoms with E-state index in [9.17, 15) is 32.7 Å². The van der Waals surface area contributed by atoms with Gasteiger partial charge in [-0.1, -0.05) is 60.7 Å².